The summed E-state index contributed by atoms with van der Waals surface area (Å²) < 4.78 is 0. The number of aliphatic hydroxyl groups excluding tert-OH is 1. The van der Waals surface area contributed by atoms with Gasteiger partial charge in [0.25, 0.3) is 0 Å². The van der Waals surface area contributed by atoms with Crippen LogP contribution in [-0.4, -0.2) is 27.2 Å². The third-order valence-electron chi connectivity index (χ3n) is 2.16. The summed E-state index contributed by atoms with van der Waals surface area (Å²) in [5.74, 6) is 0.479. The molecule has 1 unspecified atom stereocenters. The topological polar surface area (TPSA) is 58.0 Å². The number of aromatic nitrogens is 2. The summed E-state index contributed by atoms with van der Waals surface area (Å²) in [5.41, 5.74) is -0.381. The maximum absolute atomic E-state index is 9.16. The molecule has 1 aromatic rings. The highest BCUT2D eigenvalue weighted by Gasteiger charge is 2.21. The van der Waals surface area contributed by atoms with E-state index < -0.39 is 0 Å². The normalized spacial score (nSPS) is 14.9. The lowest BCUT2D eigenvalue weighted by Crippen LogP contribution is -2.38. The van der Waals surface area contributed by atoms with E-state index in [0.717, 1.165) is 6.42 Å². The van der Waals surface area contributed by atoms with Crippen LogP contribution in [0.15, 0.2) is 12.4 Å². The molecule has 78 valence electrons. The molecule has 0 fully saturated rings. The highest BCUT2D eigenvalue weighted by atomic mass is 35.5. The molecule has 1 heterocycles. The summed E-state index contributed by atoms with van der Waals surface area (Å²) in [5, 5.41) is 12.7. The van der Waals surface area contributed by atoms with Gasteiger partial charge in [0.1, 0.15) is 0 Å². The minimum atomic E-state index is -0.381. The second-order valence-corrected chi connectivity index (χ2v) is 3.86. The lowest BCUT2D eigenvalue weighted by atomic mass is 10.0. The minimum absolute atomic E-state index is 0.0372. The summed E-state index contributed by atoms with van der Waals surface area (Å²) in [4.78, 5) is 7.99. The highest BCUT2D eigenvalue weighted by molar-refractivity contribution is 6.30. The third-order valence-corrected chi connectivity index (χ3v) is 2.36. The Morgan fingerprint density at radius 1 is 1.50 bits per heavy atom. The van der Waals surface area contributed by atoms with Crippen LogP contribution in [0.5, 0.6) is 0 Å². The zero-order valence-corrected chi connectivity index (χ0v) is 9.04. The molecule has 5 heteroatoms. The van der Waals surface area contributed by atoms with Crippen LogP contribution < -0.4 is 5.32 Å². The van der Waals surface area contributed by atoms with Crippen molar-refractivity contribution in [3.05, 3.63) is 17.4 Å². The Kier molecular flexibility index (Phi) is 3.66. The number of rotatable bonds is 4. The number of nitrogens with one attached hydrogen (secondary N) is 1. The van der Waals surface area contributed by atoms with Crippen LogP contribution in [0.1, 0.15) is 20.3 Å². The molecule has 0 aliphatic rings. The molecule has 0 saturated carbocycles. The molecule has 14 heavy (non-hydrogen) atoms. The molecular weight excluding hydrogens is 202 g/mol. The average Bonchev–Trinajstić information content (AvgIpc) is 2.21. The number of hydrogen-bond donors (Lipinski definition) is 2. The summed E-state index contributed by atoms with van der Waals surface area (Å²) in [7, 11) is 0. The minimum Gasteiger partial charge on any atom is -0.394 e. The second-order valence-electron chi connectivity index (χ2n) is 3.42. The first-order valence-electron chi connectivity index (χ1n) is 4.46. The fourth-order valence-electron chi connectivity index (χ4n) is 0.886. The number of anilines is 1. The van der Waals surface area contributed by atoms with Gasteiger partial charge < -0.3 is 10.4 Å². The van der Waals surface area contributed by atoms with Crippen molar-refractivity contribution in [3.63, 3.8) is 0 Å². The molecule has 0 aromatic carbocycles. The van der Waals surface area contributed by atoms with Gasteiger partial charge in [-0.1, -0.05) is 18.5 Å². The van der Waals surface area contributed by atoms with Crippen molar-refractivity contribution in [1.29, 1.82) is 0 Å². The van der Waals surface area contributed by atoms with E-state index in [1.54, 1.807) is 0 Å². The van der Waals surface area contributed by atoms with Crippen molar-refractivity contribution < 1.29 is 5.11 Å². The fraction of sp³-hybridized carbons (Fsp3) is 0.556. The molecule has 0 aliphatic heterocycles. The van der Waals surface area contributed by atoms with Gasteiger partial charge in [-0.25, -0.2) is 9.97 Å². The van der Waals surface area contributed by atoms with Crippen LogP contribution in [-0.2, 0) is 0 Å². The Morgan fingerprint density at radius 3 is 2.50 bits per heavy atom. The third kappa shape index (κ3) is 2.82. The standard InChI is InChI=1S/C9H14ClN3O/c1-3-9(2,6-14)13-8-11-4-7(10)5-12-8/h4-5,14H,3,6H2,1-2H3,(H,11,12,13). The summed E-state index contributed by atoms with van der Waals surface area (Å²) in [6, 6.07) is 0. The SMILES string of the molecule is CCC(C)(CO)Nc1ncc(Cl)cn1. The molecule has 2 N–H and O–H groups in total. The first-order valence-corrected chi connectivity index (χ1v) is 4.84. The predicted molar refractivity (Wildman–Crippen MR) is 56.4 cm³/mol. The van der Waals surface area contributed by atoms with E-state index >= 15 is 0 Å². The van der Waals surface area contributed by atoms with Gasteiger partial charge in [-0.2, -0.15) is 0 Å². The Labute approximate surface area is 88.3 Å². The molecule has 0 spiro atoms. The van der Waals surface area contributed by atoms with Crippen LogP contribution in [0, 0.1) is 0 Å². The molecule has 4 nitrogen and oxygen atoms in total. The zero-order chi connectivity index (χ0) is 10.6. The van der Waals surface area contributed by atoms with Crippen LogP contribution >= 0.6 is 11.6 Å². The number of aliphatic hydroxyl groups is 1. The highest BCUT2D eigenvalue weighted by Crippen LogP contribution is 2.15. The lowest BCUT2D eigenvalue weighted by Gasteiger charge is -2.26. The van der Waals surface area contributed by atoms with E-state index in [1.165, 1.54) is 12.4 Å². The molecule has 0 radical (unpaired) electrons. The molecule has 0 saturated heterocycles. The number of nitrogens with zero attached hydrogens (tertiary/aromatic N) is 2. The van der Waals surface area contributed by atoms with Crippen LogP contribution in [0.2, 0.25) is 5.02 Å². The van der Waals surface area contributed by atoms with Gasteiger partial charge in [0.15, 0.2) is 0 Å². The molecule has 0 aliphatic carbocycles. The Bertz CT molecular complexity index is 285. The summed E-state index contributed by atoms with van der Waals surface area (Å²) in [6.45, 7) is 3.93. The maximum atomic E-state index is 9.16. The van der Waals surface area contributed by atoms with E-state index in [-0.39, 0.29) is 12.1 Å². The van der Waals surface area contributed by atoms with Gasteiger partial charge >= 0.3 is 0 Å². The van der Waals surface area contributed by atoms with Gasteiger partial charge in [-0.3, -0.25) is 0 Å². The largest absolute Gasteiger partial charge is 0.394 e. The van der Waals surface area contributed by atoms with Gasteiger partial charge in [0, 0.05) is 0 Å². The molecule has 0 bridgehead atoms. The van der Waals surface area contributed by atoms with Crippen LogP contribution in [0.25, 0.3) is 0 Å². The van der Waals surface area contributed by atoms with Crippen molar-refractivity contribution >= 4 is 17.5 Å². The van der Waals surface area contributed by atoms with E-state index in [0.29, 0.717) is 11.0 Å². The maximum Gasteiger partial charge on any atom is 0.223 e. The molecule has 1 aromatic heterocycles. The van der Waals surface area contributed by atoms with Crippen LogP contribution in [0.3, 0.4) is 0 Å². The van der Waals surface area contributed by atoms with Crippen molar-refractivity contribution in [2.24, 2.45) is 0 Å². The molecule has 1 atom stereocenters. The van der Waals surface area contributed by atoms with Crippen molar-refractivity contribution in [3.8, 4) is 0 Å². The summed E-state index contributed by atoms with van der Waals surface area (Å²) in [6.07, 6.45) is 3.82. The second kappa shape index (κ2) is 4.57. The Hall–Kier alpha value is -0.870. The first-order chi connectivity index (χ1) is 6.59. The number of hydrogen-bond acceptors (Lipinski definition) is 4. The quantitative estimate of drug-likeness (QED) is 0.803. The molecule has 1 rings (SSSR count). The monoisotopic (exact) mass is 215 g/mol. The molecular formula is C9H14ClN3O. The summed E-state index contributed by atoms with van der Waals surface area (Å²) >= 11 is 5.65. The lowest BCUT2D eigenvalue weighted by molar-refractivity contribution is 0.218. The van der Waals surface area contributed by atoms with E-state index in [2.05, 4.69) is 15.3 Å². The smallest absolute Gasteiger partial charge is 0.223 e. The van der Waals surface area contributed by atoms with E-state index in [9.17, 15) is 0 Å². The Morgan fingerprint density at radius 2 is 2.07 bits per heavy atom. The first kappa shape index (κ1) is 11.2. The fourth-order valence-corrected chi connectivity index (χ4v) is 0.984. The Balaban J connectivity index is 2.72. The molecule has 0 amide bonds. The van der Waals surface area contributed by atoms with Crippen LogP contribution in [0.4, 0.5) is 5.95 Å². The van der Waals surface area contributed by atoms with Gasteiger partial charge in [-0.15, -0.1) is 0 Å². The zero-order valence-electron chi connectivity index (χ0n) is 8.29. The van der Waals surface area contributed by atoms with Crippen molar-refractivity contribution in [2.45, 2.75) is 25.8 Å². The van der Waals surface area contributed by atoms with Crippen molar-refractivity contribution in [1.82, 2.24) is 9.97 Å². The van der Waals surface area contributed by atoms with Gasteiger partial charge in [0.2, 0.25) is 5.95 Å². The number of halogens is 1. The van der Waals surface area contributed by atoms with Crippen molar-refractivity contribution in [2.75, 3.05) is 11.9 Å². The average molecular weight is 216 g/mol. The van der Waals surface area contributed by atoms with Gasteiger partial charge in [0.05, 0.1) is 29.6 Å². The van der Waals surface area contributed by atoms with Gasteiger partial charge in [-0.05, 0) is 13.3 Å². The van der Waals surface area contributed by atoms with E-state index in [4.69, 9.17) is 16.7 Å². The van der Waals surface area contributed by atoms with E-state index in [1.807, 2.05) is 13.8 Å². The predicted octanol–water partition coefficient (Wildman–Crippen LogP) is 1.70.